The molecule has 0 bridgehead atoms. The summed E-state index contributed by atoms with van der Waals surface area (Å²) in [5.74, 6) is 0.140. The minimum Gasteiger partial charge on any atom is -0.298 e. The zero-order chi connectivity index (χ0) is 6.91. The molecule has 1 aliphatic carbocycles. The number of carbonyl (C=O) groups excluding carboxylic acids is 1. The highest BCUT2D eigenvalue weighted by Crippen LogP contribution is 2.36. The average Bonchev–Trinajstić information content (AvgIpc) is 2.16. The van der Waals surface area contributed by atoms with E-state index in [-0.39, 0.29) is 5.78 Å². The van der Waals surface area contributed by atoms with Crippen molar-refractivity contribution in [2.24, 2.45) is 0 Å². The smallest absolute Gasteiger partial charge is 0.150 e. The van der Waals surface area contributed by atoms with Crippen molar-refractivity contribution in [3.05, 3.63) is 0 Å². The second-order valence-corrected chi connectivity index (χ2v) is 3.45. The molecule has 2 heteroatoms. The summed E-state index contributed by atoms with van der Waals surface area (Å²) in [7, 11) is 0. The van der Waals surface area contributed by atoms with Gasteiger partial charge in [-0.05, 0) is 19.8 Å². The van der Waals surface area contributed by atoms with Gasteiger partial charge in [0.15, 0.2) is 5.78 Å². The molecule has 1 aliphatic rings. The van der Waals surface area contributed by atoms with Gasteiger partial charge in [-0.2, -0.15) is 0 Å². The molecule has 0 amide bonds. The van der Waals surface area contributed by atoms with E-state index in [9.17, 15) is 4.79 Å². The highest BCUT2D eigenvalue weighted by atomic mass is 35.5. The summed E-state index contributed by atoms with van der Waals surface area (Å²) in [5.41, 5.74) is 0. The molecular weight excluding hydrogens is 136 g/mol. The minimum absolute atomic E-state index is 0.140. The van der Waals surface area contributed by atoms with Gasteiger partial charge in [0.1, 0.15) is 4.87 Å². The van der Waals surface area contributed by atoms with Crippen LogP contribution in [0.3, 0.4) is 0 Å². The van der Waals surface area contributed by atoms with E-state index in [2.05, 4.69) is 0 Å². The van der Waals surface area contributed by atoms with Gasteiger partial charge in [-0.3, -0.25) is 4.79 Å². The number of hydrogen-bond donors (Lipinski definition) is 0. The highest BCUT2D eigenvalue weighted by Gasteiger charge is 2.35. The maximum Gasteiger partial charge on any atom is 0.150 e. The Morgan fingerprint density at radius 2 is 1.89 bits per heavy atom. The maximum atomic E-state index is 10.8. The number of Topliss-reactive ketones (excluding diaryl/α,β-unsaturated/α-hetero) is 1. The molecule has 0 aromatic carbocycles. The fraction of sp³-hybridized carbons (Fsp3) is 0.857. The second kappa shape index (κ2) is 2.30. The zero-order valence-electron chi connectivity index (χ0n) is 5.61. The number of rotatable bonds is 1. The van der Waals surface area contributed by atoms with E-state index in [0.29, 0.717) is 0 Å². The van der Waals surface area contributed by atoms with Crippen molar-refractivity contribution in [2.75, 3.05) is 0 Å². The summed E-state index contributed by atoms with van der Waals surface area (Å²) in [5, 5.41) is 0. The summed E-state index contributed by atoms with van der Waals surface area (Å²) < 4.78 is 0. The Morgan fingerprint density at radius 1 is 1.44 bits per heavy atom. The van der Waals surface area contributed by atoms with Crippen LogP contribution < -0.4 is 0 Å². The Bertz CT molecular complexity index is 125. The van der Waals surface area contributed by atoms with Crippen molar-refractivity contribution in [1.82, 2.24) is 0 Å². The monoisotopic (exact) mass is 146 g/mol. The lowest BCUT2D eigenvalue weighted by molar-refractivity contribution is -0.119. The van der Waals surface area contributed by atoms with Gasteiger partial charge in [-0.1, -0.05) is 12.8 Å². The molecule has 0 unspecified atom stereocenters. The summed E-state index contributed by atoms with van der Waals surface area (Å²) in [4.78, 5) is 10.4. The molecule has 0 aromatic rings. The third-order valence-electron chi connectivity index (χ3n) is 2.03. The molecular formula is C7H11ClO. The van der Waals surface area contributed by atoms with Crippen LogP contribution in [0.25, 0.3) is 0 Å². The molecule has 9 heavy (non-hydrogen) atoms. The fourth-order valence-corrected chi connectivity index (χ4v) is 1.55. The molecule has 0 spiro atoms. The maximum absolute atomic E-state index is 10.8. The molecule has 0 N–H and O–H groups in total. The number of halogens is 1. The number of ketones is 1. The predicted molar refractivity (Wildman–Crippen MR) is 37.7 cm³/mol. The van der Waals surface area contributed by atoms with Crippen LogP contribution >= 0.6 is 11.6 Å². The first-order chi connectivity index (χ1) is 4.15. The van der Waals surface area contributed by atoms with Gasteiger partial charge in [-0.25, -0.2) is 0 Å². The van der Waals surface area contributed by atoms with Gasteiger partial charge >= 0.3 is 0 Å². The van der Waals surface area contributed by atoms with Crippen molar-refractivity contribution in [1.29, 1.82) is 0 Å². The zero-order valence-corrected chi connectivity index (χ0v) is 6.37. The van der Waals surface area contributed by atoms with Crippen molar-refractivity contribution in [2.45, 2.75) is 37.5 Å². The Kier molecular flexibility index (Phi) is 1.80. The lowest BCUT2D eigenvalue weighted by Gasteiger charge is -2.14. The van der Waals surface area contributed by atoms with Crippen LogP contribution in [-0.2, 0) is 4.79 Å². The number of hydrogen-bond acceptors (Lipinski definition) is 1. The van der Waals surface area contributed by atoms with Crippen LogP contribution in [-0.4, -0.2) is 10.7 Å². The third kappa shape index (κ3) is 1.26. The molecule has 1 rings (SSSR count). The van der Waals surface area contributed by atoms with Crippen molar-refractivity contribution in [3.63, 3.8) is 0 Å². The standard InChI is InChI=1S/C7H11ClO/c1-6(9)7(8)4-2-3-5-7/h2-5H2,1H3. The van der Waals surface area contributed by atoms with E-state index in [4.69, 9.17) is 11.6 Å². The van der Waals surface area contributed by atoms with Gasteiger partial charge < -0.3 is 0 Å². The molecule has 0 atom stereocenters. The van der Waals surface area contributed by atoms with Gasteiger partial charge in [0.05, 0.1) is 0 Å². The van der Waals surface area contributed by atoms with Gasteiger partial charge in [0.2, 0.25) is 0 Å². The predicted octanol–water partition coefficient (Wildman–Crippen LogP) is 2.13. The van der Waals surface area contributed by atoms with E-state index in [0.717, 1.165) is 25.7 Å². The van der Waals surface area contributed by atoms with E-state index in [1.54, 1.807) is 6.92 Å². The highest BCUT2D eigenvalue weighted by molar-refractivity contribution is 6.35. The quantitative estimate of drug-likeness (QED) is 0.518. The van der Waals surface area contributed by atoms with Gasteiger partial charge in [-0.15, -0.1) is 11.6 Å². The summed E-state index contributed by atoms with van der Waals surface area (Å²) in [6.45, 7) is 1.58. The van der Waals surface area contributed by atoms with Crippen molar-refractivity contribution >= 4 is 17.4 Å². The summed E-state index contributed by atoms with van der Waals surface area (Å²) >= 11 is 5.96. The molecule has 1 saturated carbocycles. The second-order valence-electron chi connectivity index (χ2n) is 2.73. The van der Waals surface area contributed by atoms with E-state index in [1.165, 1.54) is 0 Å². The number of alkyl halides is 1. The Balaban J connectivity index is 2.61. The SMILES string of the molecule is CC(=O)C1(Cl)CCCC1. The summed E-state index contributed by atoms with van der Waals surface area (Å²) in [6.07, 6.45) is 3.99. The first kappa shape index (κ1) is 7.07. The molecule has 0 radical (unpaired) electrons. The van der Waals surface area contributed by atoms with E-state index >= 15 is 0 Å². The third-order valence-corrected chi connectivity index (χ3v) is 2.67. The van der Waals surface area contributed by atoms with Crippen LogP contribution in [0.15, 0.2) is 0 Å². The van der Waals surface area contributed by atoms with Crippen molar-refractivity contribution < 1.29 is 4.79 Å². The number of carbonyl (C=O) groups is 1. The largest absolute Gasteiger partial charge is 0.298 e. The molecule has 1 nitrogen and oxygen atoms in total. The average molecular weight is 147 g/mol. The topological polar surface area (TPSA) is 17.1 Å². The van der Waals surface area contributed by atoms with Gasteiger partial charge in [0.25, 0.3) is 0 Å². The van der Waals surface area contributed by atoms with E-state index in [1.807, 2.05) is 0 Å². The first-order valence-electron chi connectivity index (χ1n) is 3.35. The Hall–Kier alpha value is -0.0400. The van der Waals surface area contributed by atoms with Crippen LogP contribution in [0.4, 0.5) is 0 Å². The normalized spacial score (nSPS) is 24.2. The van der Waals surface area contributed by atoms with Crippen molar-refractivity contribution in [3.8, 4) is 0 Å². The fourth-order valence-electron chi connectivity index (χ4n) is 1.29. The molecule has 52 valence electrons. The lowest BCUT2D eigenvalue weighted by atomic mass is 10.0. The summed E-state index contributed by atoms with van der Waals surface area (Å²) in [6, 6.07) is 0. The Labute approximate surface area is 60.4 Å². The van der Waals surface area contributed by atoms with Crippen LogP contribution in [0, 0.1) is 0 Å². The molecule has 1 fully saturated rings. The molecule has 0 aromatic heterocycles. The van der Waals surface area contributed by atoms with E-state index < -0.39 is 4.87 Å². The Morgan fingerprint density at radius 3 is 2.11 bits per heavy atom. The first-order valence-corrected chi connectivity index (χ1v) is 3.73. The molecule has 0 heterocycles. The minimum atomic E-state index is -0.472. The van der Waals surface area contributed by atoms with Crippen LogP contribution in [0.5, 0.6) is 0 Å². The van der Waals surface area contributed by atoms with Crippen LogP contribution in [0.2, 0.25) is 0 Å². The van der Waals surface area contributed by atoms with Gasteiger partial charge in [0, 0.05) is 0 Å². The molecule has 0 aliphatic heterocycles. The van der Waals surface area contributed by atoms with Crippen LogP contribution in [0.1, 0.15) is 32.6 Å². The lowest BCUT2D eigenvalue weighted by Crippen LogP contribution is -2.25. The molecule has 0 saturated heterocycles.